The van der Waals surface area contributed by atoms with Crippen LogP contribution in [0.4, 0.5) is 0 Å². The molecule has 0 saturated heterocycles. The second-order valence-corrected chi connectivity index (χ2v) is 7.19. The highest BCUT2D eigenvalue weighted by Gasteiger charge is 2.31. The molecule has 3 atom stereocenters. The van der Waals surface area contributed by atoms with E-state index in [2.05, 4.69) is 18.9 Å². The van der Waals surface area contributed by atoms with Crippen LogP contribution in [-0.4, -0.2) is 15.2 Å². The van der Waals surface area contributed by atoms with Crippen molar-refractivity contribution in [3.05, 3.63) is 16.4 Å². The lowest BCUT2D eigenvalue weighted by Gasteiger charge is -2.35. The summed E-state index contributed by atoms with van der Waals surface area (Å²) in [4.78, 5) is 0. The molecule has 0 spiro atoms. The Morgan fingerprint density at radius 1 is 1.37 bits per heavy atom. The molecule has 0 N–H and O–H groups in total. The van der Waals surface area contributed by atoms with E-state index in [9.17, 15) is 0 Å². The number of hydrogen-bond acceptors (Lipinski definition) is 1. The van der Waals surface area contributed by atoms with Crippen molar-refractivity contribution in [2.45, 2.75) is 51.8 Å². The first-order valence-corrected chi connectivity index (χ1v) is 8.03. The van der Waals surface area contributed by atoms with Crippen molar-refractivity contribution in [1.82, 2.24) is 9.78 Å². The Bertz CT molecular complexity index is 440. The van der Waals surface area contributed by atoms with Gasteiger partial charge in [-0.25, -0.2) is 0 Å². The maximum absolute atomic E-state index is 6.54. The van der Waals surface area contributed by atoms with Crippen LogP contribution in [0, 0.1) is 24.7 Å². The Hall–Kier alpha value is -0.210. The van der Waals surface area contributed by atoms with Gasteiger partial charge in [0.15, 0.2) is 0 Å². The summed E-state index contributed by atoms with van der Waals surface area (Å²) < 4.78 is 1.76. The van der Waals surface area contributed by atoms with Crippen molar-refractivity contribution >= 4 is 23.2 Å². The molecule has 19 heavy (non-hydrogen) atoms. The van der Waals surface area contributed by atoms with Crippen LogP contribution in [0.5, 0.6) is 0 Å². The Labute approximate surface area is 126 Å². The molecule has 1 heterocycles. The van der Waals surface area contributed by atoms with Crippen LogP contribution in [0.15, 0.2) is 0 Å². The molecule has 2 rings (SSSR count). The van der Waals surface area contributed by atoms with E-state index in [1.807, 2.05) is 14.0 Å². The molecule has 1 aromatic heterocycles. The highest BCUT2D eigenvalue weighted by molar-refractivity contribution is 6.30. The minimum absolute atomic E-state index is 0.283. The molecular weight excluding hydrogens is 279 g/mol. The van der Waals surface area contributed by atoms with Crippen LogP contribution in [-0.2, 0) is 13.5 Å². The van der Waals surface area contributed by atoms with Gasteiger partial charge in [0, 0.05) is 18.0 Å². The number of nitrogens with zero attached hydrogens (tertiary/aromatic N) is 2. The van der Waals surface area contributed by atoms with E-state index >= 15 is 0 Å². The zero-order chi connectivity index (χ0) is 14.2. The fourth-order valence-electron chi connectivity index (χ4n) is 3.25. The van der Waals surface area contributed by atoms with Crippen LogP contribution in [0.25, 0.3) is 0 Å². The van der Waals surface area contributed by atoms with Crippen molar-refractivity contribution in [2.24, 2.45) is 24.8 Å². The Balaban J connectivity index is 2.12. The molecule has 0 amide bonds. The molecule has 1 aromatic rings. The van der Waals surface area contributed by atoms with E-state index < -0.39 is 0 Å². The summed E-state index contributed by atoms with van der Waals surface area (Å²) in [6, 6.07) is 0. The molecule has 3 unspecified atom stereocenters. The first kappa shape index (κ1) is 15.2. The molecule has 4 heteroatoms. The van der Waals surface area contributed by atoms with Gasteiger partial charge in [0.05, 0.1) is 5.69 Å². The summed E-state index contributed by atoms with van der Waals surface area (Å²) in [6.07, 6.45) is 4.58. The lowest BCUT2D eigenvalue weighted by Crippen LogP contribution is -2.29. The monoisotopic (exact) mass is 302 g/mol. The number of halogens is 2. The van der Waals surface area contributed by atoms with Crippen molar-refractivity contribution in [2.75, 3.05) is 0 Å². The van der Waals surface area contributed by atoms with Gasteiger partial charge in [0.25, 0.3) is 0 Å². The van der Waals surface area contributed by atoms with Gasteiger partial charge in [0.2, 0.25) is 0 Å². The van der Waals surface area contributed by atoms with Gasteiger partial charge in [-0.1, -0.05) is 25.4 Å². The molecule has 0 aliphatic heterocycles. The molecule has 2 nitrogen and oxygen atoms in total. The number of hydrogen-bond donors (Lipinski definition) is 0. The third kappa shape index (κ3) is 3.28. The number of aryl methyl sites for hydroxylation is 2. The van der Waals surface area contributed by atoms with Gasteiger partial charge >= 0.3 is 0 Å². The quantitative estimate of drug-likeness (QED) is 0.746. The summed E-state index contributed by atoms with van der Waals surface area (Å²) in [6.45, 7) is 6.67. The first-order valence-electron chi connectivity index (χ1n) is 7.22. The maximum Gasteiger partial charge on any atom is 0.130 e. The number of rotatable bonds is 3. The van der Waals surface area contributed by atoms with Crippen molar-refractivity contribution in [1.29, 1.82) is 0 Å². The van der Waals surface area contributed by atoms with E-state index in [0.29, 0.717) is 5.92 Å². The average Bonchev–Trinajstić information content (AvgIpc) is 2.58. The van der Waals surface area contributed by atoms with Crippen molar-refractivity contribution in [3.63, 3.8) is 0 Å². The normalized spacial score (nSPS) is 28.1. The van der Waals surface area contributed by atoms with E-state index in [1.165, 1.54) is 18.4 Å². The van der Waals surface area contributed by atoms with Crippen molar-refractivity contribution in [3.8, 4) is 0 Å². The fraction of sp³-hybridized carbons (Fsp3) is 0.800. The Morgan fingerprint density at radius 3 is 2.58 bits per heavy atom. The van der Waals surface area contributed by atoms with E-state index in [0.717, 1.165) is 35.5 Å². The second kappa shape index (κ2) is 6.05. The van der Waals surface area contributed by atoms with Crippen molar-refractivity contribution < 1.29 is 0 Å². The third-order valence-electron chi connectivity index (χ3n) is 4.61. The highest BCUT2D eigenvalue weighted by Crippen LogP contribution is 2.39. The van der Waals surface area contributed by atoms with Crippen LogP contribution in [0.3, 0.4) is 0 Å². The number of alkyl halides is 1. The molecule has 1 aliphatic carbocycles. The summed E-state index contributed by atoms with van der Waals surface area (Å²) in [5.74, 6) is 2.08. The second-order valence-electron chi connectivity index (χ2n) is 6.28. The molecule has 1 fully saturated rings. The maximum atomic E-state index is 6.54. The lowest BCUT2D eigenvalue weighted by atomic mass is 9.74. The summed E-state index contributed by atoms with van der Waals surface area (Å²) in [7, 11) is 1.90. The summed E-state index contributed by atoms with van der Waals surface area (Å²) in [5, 5.41) is 5.45. The van der Waals surface area contributed by atoms with Gasteiger partial charge in [-0.2, -0.15) is 5.10 Å². The van der Waals surface area contributed by atoms with E-state index in [1.54, 1.807) is 4.68 Å². The minimum atomic E-state index is 0.283. The van der Waals surface area contributed by atoms with Gasteiger partial charge in [0.1, 0.15) is 5.15 Å². The van der Waals surface area contributed by atoms with Crippen LogP contribution in [0.1, 0.15) is 44.4 Å². The minimum Gasteiger partial charge on any atom is -0.257 e. The number of aromatic nitrogens is 2. The molecule has 108 valence electrons. The Morgan fingerprint density at radius 2 is 2.05 bits per heavy atom. The predicted octanol–water partition coefficient (Wildman–Crippen LogP) is 4.60. The average molecular weight is 303 g/mol. The standard InChI is InChI=1S/C15H24Cl2N2/c1-9(2)11-5-6-14(16)12(7-11)8-13-10(3)18-19(4)15(13)17/h9,11-12,14H,5-8H2,1-4H3. The third-order valence-corrected chi connectivity index (χ3v) is 5.66. The topological polar surface area (TPSA) is 17.8 Å². The van der Waals surface area contributed by atoms with E-state index in [-0.39, 0.29) is 5.38 Å². The molecule has 0 aromatic carbocycles. The van der Waals surface area contributed by atoms with Crippen LogP contribution in [0.2, 0.25) is 5.15 Å². The largest absolute Gasteiger partial charge is 0.257 e. The van der Waals surface area contributed by atoms with Gasteiger partial charge in [-0.15, -0.1) is 11.6 Å². The summed E-state index contributed by atoms with van der Waals surface area (Å²) in [5.41, 5.74) is 2.23. The van der Waals surface area contributed by atoms with Gasteiger partial charge < -0.3 is 0 Å². The molecule has 0 radical (unpaired) electrons. The first-order chi connectivity index (χ1) is 8.90. The fourth-order valence-corrected chi connectivity index (χ4v) is 3.82. The smallest absolute Gasteiger partial charge is 0.130 e. The lowest BCUT2D eigenvalue weighted by molar-refractivity contribution is 0.218. The zero-order valence-electron chi connectivity index (χ0n) is 12.3. The zero-order valence-corrected chi connectivity index (χ0v) is 13.8. The highest BCUT2D eigenvalue weighted by atomic mass is 35.5. The van der Waals surface area contributed by atoms with Crippen LogP contribution < -0.4 is 0 Å². The Kier molecular flexibility index (Phi) is 4.84. The van der Waals surface area contributed by atoms with Gasteiger partial charge in [-0.3, -0.25) is 4.68 Å². The molecule has 0 bridgehead atoms. The summed E-state index contributed by atoms with van der Waals surface area (Å²) >= 11 is 12.9. The molecule has 1 saturated carbocycles. The molecule has 1 aliphatic rings. The van der Waals surface area contributed by atoms with Gasteiger partial charge in [-0.05, 0) is 50.4 Å². The predicted molar refractivity (Wildman–Crippen MR) is 82.0 cm³/mol. The SMILES string of the molecule is Cc1nn(C)c(Cl)c1CC1CC(C(C)C)CCC1Cl. The van der Waals surface area contributed by atoms with Crippen LogP contribution >= 0.6 is 23.2 Å². The molecular formula is C15H24Cl2N2. The van der Waals surface area contributed by atoms with E-state index in [4.69, 9.17) is 23.2 Å².